The van der Waals surface area contributed by atoms with Crippen LogP contribution in [-0.4, -0.2) is 16.1 Å². The molecule has 0 bridgehead atoms. The molecule has 0 saturated carbocycles. The van der Waals surface area contributed by atoms with E-state index in [0.29, 0.717) is 11.7 Å². The van der Waals surface area contributed by atoms with Gasteiger partial charge in [0.2, 0.25) is 0 Å². The van der Waals surface area contributed by atoms with E-state index >= 15 is 0 Å². The van der Waals surface area contributed by atoms with Crippen LogP contribution in [0.1, 0.15) is 24.7 Å². The van der Waals surface area contributed by atoms with Gasteiger partial charge in [-0.25, -0.2) is 4.98 Å². The lowest BCUT2D eigenvalue weighted by Crippen LogP contribution is -2.23. The molecule has 0 aliphatic rings. The third-order valence-electron chi connectivity index (χ3n) is 1.43. The van der Waals surface area contributed by atoms with Gasteiger partial charge in [-0.15, -0.1) is 0 Å². The third kappa shape index (κ3) is 1.78. The number of nitrogens with two attached hydrogens (primary N) is 1. The highest BCUT2D eigenvalue weighted by atomic mass is 16.4. The monoisotopic (exact) mass is 156 g/mol. The largest absolute Gasteiger partial charge is 0.443 e. The summed E-state index contributed by atoms with van der Waals surface area (Å²) in [5.74, 6) is 0.970. The lowest BCUT2D eigenvalue weighted by atomic mass is 10.2. The summed E-state index contributed by atoms with van der Waals surface area (Å²) in [5.41, 5.74) is 5.44. The SMILES string of the molecule is Cc1ncc(C(O)C(C)N)o1. The number of hydrogen-bond donors (Lipinski definition) is 2. The highest BCUT2D eigenvalue weighted by Gasteiger charge is 2.16. The zero-order valence-corrected chi connectivity index (χ0v) is 6.61. The van der Waals surface area contributed by atoms with Crippen molar-refractivity contribution in [1.82, 2.24) is 4.98 Å². The second-order valence-corrected chi connectivity index (χ2v) is 2.59. The number of rotatable bonds is 2. The summed E-state index contributed by atoms with van der Waals surface area (Å²) in [6.45, 7) is 3.43. The van der Waals surface area contributed by atoms with Crippen LogP contribution in [0.4, 0.5) is 0 Å². The molecule has 0 amide bonds. The summed E-state index contributed by atoms with van der Waals surface area (Å²) >= 11 is 0. The maximum absolute atomic E-state index is 9.35. The smallest absolute Gasteiger partial charge is 0.191 e. The fraction of sp³-hybridized carbons (Fsp3) is 0.571. The van der Waals surface area contributed by atoms with Crippen molar-refractivity contribution in [1.29, 1.82) is 0 Å². The van der Waals surface area contributed by atoms with Gasteiger partial charge in [0.25, 0.3) is 0 Å². The van der Waals surface area contributed by atoms with Crippen molar-refractivity contribution in [3.63, 3.8) is 0 Å². The summed E-state index contributed by atoms with van der Waals surface area (Å²) in [5, 5.41) is 9.35. The van der Waals surface area contributed by atoms with Crippen LogP contribution < -0.4 is 5.73 Å². The topological polar surface area (TPSA) is 72.3 Å². The Balaban J connectivity index is 2.76. The third-order valence-corrected chi connectivity index (χ3v) is 1.43. The number of hydrogen-bond acceptors (Lipinski definition) is 4. The maximum Gasteiger partial charge on any atom is 0.191 e. The molecule has 1 aromatic heterocycles. The Morgan fingerprint density at radius 1 is 1.73 bits per heavy atom. The van der Waals surface area contributed by atoms with Crippen LogP contribution in [0.2, 0.25) is 0 Å². The molecule has 0 saturated heterocycles. The van der Waals surface area contributed by atoms with Crippen LogP contribution in [-0.2, 0) is 0 Å². The minimum atomic E-state index is -0.754. The van der Waals surface area contributed by atoms with Crippen molar-refractivity contribution in [2.24, 2.45) is 5.73 Å². The Labute approximate surface area is 65.0 Å². The first-order valence-electron chi connectivity index (χ1n) is 3.47. The summed E-state index contributed by atoms with van der Waals surface area (Å²) in [6, 6.07) is -0.331. The molecule has 4 nitrogen and oxygen atoms in total. The Bertz CT molecular complexity index is 232. The van der Waals surface area contributed by atoms with E-state index in [-0.39, 0.29) is 6.04 Å². The van der Waals surface area contributed by atoms with Gasteiger partial charge in [0.1, 0.15) is 6.10 Å². The van der Waals surface area contributed by atoms with Crippen LogP contribution in [0.3, 0.4) is 0 Å². The maximum atomic E-state index is 9.35. The van der Waals surface area contributed by atoms with E-state index in [4.69, 9.17) is 10.2 Å². The van der Waals surface area contributed by atoms with E-state index in [1.807, 2.05) is 0 Å². The molecule has 62 valence electrons. The molecule has 0 radical (unpaired) electrons. The van der Waals surface area contributed by atoms with Gasteiger partial charge in [0.15, 0.2) is 11.7 Å². The molecule has 1 heterocycles. The van der Waals surface area contributed by atoms with Crippen LogP contribution in [0.25, 0.3) is 0 Å². The lowest BCUT2D eigenvalue weighted by molar-refractivity contribution is 0.126. The van der Waals surface area contributed by atoms with Gasteiger partial charge in [-0.1, -0.05) is 0 Å². The van der Waals surface area contributed by atoms with Crippen molar-refractivity contribution in [2.75, 3.05) is 0 Å². The quantitative estimate of drug-likeness (QED) is 0.648. The number of aryl methyl sites for hydroxylation is 1. The van der Waals surface area contributed by atoms with Crippen molar-refractivity contribution < 1.29 is 9.52 Å². The van der Waals surface area contributed by atoms with Crippen LogP contribution >= 0.6 is 0 Å². The average Bonchev–Trinajstić information content (AvgIpc) is 2.34. The van der Waals surface area contributed by atoms with E-state index in [0.717, 1.165) is 0 Å². The van der Waals surface area contributed by atoms with Crippen molar-refractivity contribution in [3.05, 3.63) is 17.8 Å². The number of nitrogens with zero attached hydrogens (tertiary/aromatic N) is 1. The summed E-state index contributed by atoms with van der Waals surface area (Å²) < 4.78 is 5.07. The Hall–Kier alpha value is -0.870. The van der Waals surface area contributed by atoms with E-state index in [9.17, 15) is 5.11 Å². The van der Waals surface area contributed by atoms with E-state index in [1.54, 1.807) is 13.8 Å². The average molecular weight is 156 g/mol. The molecule has 3 N–H and O–H groups in total. The van der Waals surface area contributed by atoms with Gasteiger partial charge in [-0.3, -0.25) is 0 Å². The first-order chi connectivity index (χ1) is 5.11. The van der Waals surface area contributed by atoms with Gasteiger partial charge >= 0.3 is 0 Å². The molecule has 1 rings (SSSR count). The molecule has 0 spiro atoms. The van der Waals surface area contributed by atoms with Crippen LogP contribution in [0, 0.1) is 6.92 Å². The lowest BCUT2D eigenvalue weighted by Gasteiger charge is -2.09. The van der Waals surface area contributed by atoms with Crippen molar-refractivity contribution >= 4 is 0 Å². The van der Waals surface area contributed by atoms with Gasteiger partial charge in [0, 0.05) is 13.0 Å². The molecule has 0 aliphatic heterocycles. The standard InChI is InChI=1S/C7H12N2O2/c1-4(8)7(10)6-3-9-5(2)11-6/h3-4,7,10H,8H2,1-2H3. The second kappa shape index (κ2) is 3.02. The molecule has 4 heteroatoms. The summed E-state index contributed by atoms with van der Waals surface area (Å²) in [6.07, 6.45) is 0.736. The van der Waals surface area contributed by atoms with Crippen LogP contribution in [0.5, 0.6) is 0 Å². The number of aliphatic hydroxyl groups is 1. The molecule has 11 heavy (non-hydrogen) atoms. The highest BCUT2D eigenvalue weighted by Crippen LogP contribution is 2.15. The molecule has 2 unspecified atom stereocenters. The normalized spacial score (nSPS) is 16.4. The number of aliphatic hydroxyl groups excluding tert-OH is 1. The Morgan fingerprint density at radius 3 is 2.73 bits per heavy atom. The van der Waals surface area contributed by atoms with Crippen molar-refractivity contribution in [3.8, 4) is 0 Å². The van der Waals surface area contributed by atoms with Gasteiger partial charge in [-0.05, 0) is 6.92 Å². The fourth-order valence-corrected chi connectivity index (χ4v) is 0.774. The minimum Gasteiger partial charge on any atom is -0.443 e. The predicted molar refractivity (Wildman–Crippen MR) is 39.8 cm³/mol. The molecule has 2 atom stereocenters. The Kier molecular flexibility index (Phi) is 2.26. The first-order valence-corrected chi connectivity index (χ1v) is 3.47. The molecule has 1 aromatic rings. The highest BCUT2D eigenvalue weighted by molar-refractivity contribution is 4.99. The minimum absolute atomic E-state index is 0.331. The predicted octanol–water partition coefficient (Wildman–Crippen LogP) is 0.364. The van der Waals surface area contributed by atoms with E-state index < -0.39 is 6.10 Å². The van der Waals surface area contributed by atoms with E-state index in [1.165, 1.54) is 6.20 Å². The second-order valence-electron chi connectivity index (χ2n) is 2.59. The van der Waals surface area contributed by atoms with Gasteiger partial charge in [-0.2, -0.15) is 0 Å². The zero-order chi connectivity index (χ0) is 8.43. The van der Waals surface area contributed by atoms with Crippen molar-refractivity contribution in [2.45, 2.75) is 26.0 Å². The van der Waals surface area contributed by atoms with E-state index in [2.05, 4.69) is 4.98 Å². The molecule has 0 aromatic carbocycles. The number of aromatic nitrogens is 1. The van der Waals surface area contributed by atoms with Gasteiger partial charge in [0.05, 0.1) is 6.20 Å². The summed E-state index contributed by atoms with van der Waals surface area (Å²) in [4.78, 5) is 3.84. The molecule has 0 fully saturated rings. The molecular formula is C7H12N2O2. The first kappa shape index (κ1) is 8.23. The number of oxazole rings is 1. The fourth-order valence-electron chi connectivity index (χ4n) is 0.774. The Morgan fingerprint density at radius 2 is 2.36 bits per heavy atom. The molecular weight excluding hydrogens is 144 g/mol. The van der Waals surface area contributed by atoms with Gasteiger partial charge < -0.3 is 15.3 Å². The summed E-state index contributed by atoms with van der Waals surface area (Å²) in [7, 11) is 0. The van der Waals surface area contributed by atoms with Crippen LogP contribution in [0.15, 0.2) is 10.6 Å². The zero-order valence-electron chi connectivity index (χ0n) is 6.61. The molecule has 0 aliphatic carbocycles.